The third-order valence-electron chi connectivity index (χ3n) is 3.55. The number of urea groups is 1. The number of thioether (sulfide) groups is 1. The molecule has 0 bridgehead atoms. The zero-order valence-electron chi connectivity index (χ0n) is 11.5. The van der Waals surface area contributed by atoms with Crippen LogP contribution in [-0.2, 0) is 19.4 Å². The van der Waals surface area contributed by atoms with E-state index in [2.05, 4.69) is 5.32 Å². The standard InChI is InChI=1S/C11H18N2O6S2/c1-21(17,18)9-6-20-3-2-13(9)11(16)12-8-5-19-4-7(8)10(14)15/h7-9H,2-6H2,1H3,(H,12,16)(H,14,15). The maximum atomic E-state index is 12.3. The quantitative estimate of drug-likeness (QED) is 0.693. The highest BCUT2D eigenvalue weighted by Gasteiger charge is 2.39. The van der Waals surface area contributed by atoms with Crippen LogP contribution >= 0.6 is 11.8 Å². The number of amides is 2. The molecule has 120 valence electrons. The first kappa shape index (κ1) is 16.4. The fourth-order valence-electron chi connectivity index (χ4n) is 2.35. The van der Waals surface area contributed by atoms with E-state index in [9.17, 15) is 18.0 Å². The molecule has 3 atom stereocenters. The van der Waals surface area contributed by atoms with Crippen molar-refractivity contribution in [2.24, 2.45) is 5.92 Å². The lowest BCUT2D eigenvalue weighted by molar-refractivity contribution is -0.142. The van der Waals surface area contributed by atoms with Crippen LogP contribution in [0.15, 0.2) is 0 Å². The van der Waals surface area contributed by atoms with Crippen molar-refractivity contribution in [3.8, 4) is 0 Å². The SMILES string of the molecule is CS(=O)(=O)C1CSCCN1C(=O)NC1COCC1C(=O)O. The summed E-state index contributed by atoms with van der Waals surface area (Å²) in [5, 5.41) is 10.8. The summed E-state index contributed by atoms with van der Waals surface area (Å²) in [6, 6.07) is -1.18. The van der Waals surface area contributed by atoms with Crippen LogP contribution in [-0.4, -0.2) is 79.4 Å². The van der Waals surface area contributed by atoms with Crippen LogP contribution in [0.4, 0.5) is 4.79 Å². The van der Waals surface area contributed by atoms with E-state index in [-0.39, 0.29) is 13.2 Å². The van der Waals surface area contributed by atoms with Crippen molar-refractivity contribution in [3.63, 3.8) is 0 Å². The van der Waals surface area contributed by atoms with E-state index in [1.165, 1.54) is 16.7 Å². The summed E-state index contributed by atoms with van der Waals surface area (Å²) >= 11 is 1.48. The van der Waals surface area contributed by atoms with E-state index in [1.54, 1.807) is 0 Å². The molecule has 0 aromatic heterocycles. The first-order valence-electron chi connectivity index (χ1n) is 6.45. The number of carboxylic acids is 1. The molecule has 2 fully saturated rings. The fourth-order valence-corrected chi connectivity index (χ4v) is 5.16. The van der Waals surface area contributed by atoms with Crippen molar-refractivity contribution in [2.45, 2.75) is 11.4 Å². The summed E-state index contributed by atoms with van der Waals surface area (Å²) in [6.45, 7) is 0.486. The molecule has 0 aromatic rings. The van der Waals surface area contributed by atoms with Gasteiger partial charge in [0.1, 0.15) is 11.3 Å². The Hall–Kier alpha value is -1.00. The lowest BCUT2D eigenvalue weighted by atomic mass is 10.0. The van der Waals surface area contributed by atoms with Crippen LogP contribution in [0.2, 0.25) is 0 Å². The number of rotatable bonds is 3. The van der Waals surface area contributed by atoms with E-state index in [1.807, 2.05) is 0 Å². The van der Waals surface area contributed by atoms with Gasteiger partial charge in [0, 0.05) is 24.3 Å². The summed E-state index contributed by atoms with van der Waals surface area (Å²) in [5.41, 5.74) is 0. The molecule has 0 saturated carbocycles. The number of ether oxygens (including phenoxy) is 1. The number of carbonyl (C=O) groups excluding carboxylic acids is 1. The average molecular weight is 338 g/mol. The van der Waals surface area contributed by atoms with Crippen LogP contribution in [0, 0.1) is 5.92 Å². The van der Waals surface area contributed by atoms with Crippen molar-refractivity contribution in [2.75, 3.05) is 37.5 Å². The topological polar surface area (TPSA) is 113 Å². The largest absolute Gasteiger partial charge is 0.481 e. The summed E-state index contributed by atoms with van der Waals surface area (Å²) < 4.78 is 28.6. The number of carboxylic acid groups (broad SMARTS) is 1. The normalized spacial score (nSPS) is 30.1. The molecule has 0 radical (unpaired) electrons. The molecule has 8 nitrogen and oxygen atoms in total. The molecule has 0 aliphatic carbocycles. The van der Waals surface area contributed by atoms with Crippen LogP contribution in [0.5, 0.6) is 0 Å². The second-order valence-corrected chi connectivity index (χ2v) is 8.44. The molecule has 0 aromatic carbocycles. The monoisotopic (exact) mass is 338 g/mol. The molecule has 2 N–H and O–H groups in total. The molecule has 21 heavy (non-hydrogen) atoms. The smallest absolute Gasteiger partial charge is 0.318 e. The Balaban J connectivity index is 2.06. The molecule has 2 saturated heterocycles. The molecule has 2 rings (SSSR count). The van der Waals surface area contributed by atoms with Crippen molar-refractivity contribution in [1.29, 1.82) is 0 Å². The predicted octanol–water partition coefficient (Wildman–Crippen LogP) is -0.785. The predicted molar refractivity (Wildman–Crippen MR) is 76.9 cm³/mol. The lowest BCUT2D eigenvalue weighted by Gasteiger charge is -2.34. The molecule has 2 heterocycles. The number of aliphatic carboxylic acids is 1. The highest BCUT2D eigenvalue weighted by Crippen LogP contribution is 2.21. The minimum atomic E-state index is -3.39. The Kier molecular flexibility index (Phi) is 4.99. The molecular weight excluding hydrogens is 320 g/mol. The minimum absolute atomic E-state index is 0.0473. The van der Waals surface area contributed by atoms with Gasteiger partial charge in [0.05, 0.1) is 19.3 Å². The van der Waals surface area contributed by atoms with Gasteiger partial charge in [-0.25, -0.2) is 13.2 Å². The average Bonchev–Trinajstić information content (AvgIpc) is 2.86. The Labute approximate surface area is 127 Å². The van der Waals surface area contributed by atoms with Gasteiger partial charge in [0.2, 0.25) is 0 Å². The number of hydrogen-bond donors (Lipinski definition) is 2. The van der Waals surface area contributed by atoms with Crippen LogP contribution < -0.4 is 5.32 Å². The third-order valence-corrected chi connectivity index (χ3v) is 6.19. The van der Waals surface area contributed by atoms with Gasteiger partial charge in [-0.05, 0) is 0 Å². The summed E-state index contributed by atoms with van der Waals surface area (Å²) in [5.74, 6) is -0.852. The number of nitrogens with zero attached hydrogens (tertiary/aromatic N) is 1. The highest BCUT2D eigenvalue weighted by molar-refractivity contribution is 8.00. The Morgan fingerprint density at radius 2 is 2.10 bits per heavy atom. The Bertz CT molecular complexity index is 523. The lowest BCUT2D eigenvalue weighted by Crippen LogP contribution is -2.56. The molecule has 2 aliphatic rings. The van der Waals surface area contributed by atoms with Gasteiger partial charge in [0.25, 0.3) is 0 Å². The molecule has 10 heteroatoms. The van der Waals surface area contributed by atoms with E-state index in [4.69, 9.17) is 9.84 Å². The Morgan fingerprint density at radius 3 is 2.71 bits per heavy atom. The van der Waals surface area contributed by atoms with Crippen molar-refractivity contribution >= 4 is 33.6 Å². The number of nitrogens with one attached hydrogen (secondary N) is 1. The molecule has 0 spiro atoms. The van der Waals surface area contributed by atoms with Crippen molar-refractivity contribution < 1.29 is 27.9 Å². The summed E-state index contributed by atoms with van der Waals surface area (Å²) in [6.07, 6.45) is 1.10. The van der Waals surface area contributed by atoms with Gasteiger partial charge < -0.3 is 20.1 Å². The zero-order chi connectivity index (χ0) is 15.6. The van der Waals surface area contributed by atoms with E-state index < -0.39 is 39.2 Å². The third kappa shape index (κ3) is 3.80. The number of sulfone groups is 1. The van der Waals surface area contributed by atoms with Crippen LogP contribution in [0.3, 0.4) is 0 Å². The van der Waals surface area contributed by atoms with E-state index in [0.29, 0.717) is 18.1 Å². The molecule has 2 aliphatic heterocycles. The maximum absolute atomic E-state index is 12.3. The van der Waals surface area contributed by atoms with Crippen LogP contribution in [0.1, 0.15) is 0 Å². The van der Waals surface area contributed by atoms with Crippen LogP contribution in [0.25, 0.3) is 0 Å². The number of hydrogen-bond acceptors (Lipinski definition) is 6. The molecule has 3 unspecified atom stereocenters. The first-order valence-corrected chi connectivity index (χ1v) is 9.56. The number of carbonyl (C=O) groups is 2. The van der Waals surface area contributed by atoms with E-state index in [0.717, 1.165) is 6.26 Å². The molecular formula is C11H18N2O6S2. The summed E-state index contributed by atoms with van der Waals surface area (Å²) in [4.78, 5) is 24.6. The van der Waals surface area contributed by atoms with Gasteiger partial charge in [0.15, 0.2) is 9.84 Å². The first-order chi connectivity index (χ1) is 9.80. The van der Waals surface area contributed by atoms with Gasteiger partial charge in [-0.3, -0.25) is 4.79 Å². The maximum Gasteiger partial charge on any atom is 0.318 e. The van der Waals surface area contributed by atoms with Gasteiger partial charge >= 0.3 is 12.0 Å². The van der Waals surface area contributed by atoms with E-state index >= 15 is 0 Å². The van der Waals surface area contributed by atoms with Gasteiger partial charge in [-0.1, -0.05) is 0 Å². The fraction of sp³-hybridized carbons (Fsp3) is 0.818. The zero-order valence-corrected chi connectivity index (χ0v) is 13.2. The minimum Gasteiger partial charge on any atom is -0.481 e. The van der Waals surface area contributed by atoms with Gasteiger partial charge in [-0.15, -0.1) is 0 Å². The highest BCUT2D eigenvalue weighted by atomic mass is 32.2. The second kappa shape index (κ2) is 6.41. The van der Waals surface area contributed by atoms with Crippen molar-refractivity contribution in [3.05, 3.63) is 0 Å². The summed E-state index contributed by atoms with van der Waals surface area (Å²) in [7, 11) is -3.39. The molecule has 2 amide bonds. The van der Waals surface area contributed by atoms with Crippen molar-refractivity contribution in [1.82, 2.24) is 10.2 Å². The Morgan fingerprint density at radius 1 is 1.38 bits per heavy atom. The van der Waals surface area contributed by atoms with Gasteiger partial charge in [-0.2, -0.15) is 11.8 Å². The second-order valence-electron chi connectivity index (χ2n) is 5.09.